The van der Waals surface area contributed by atoms with E-state index in [-0.39, 0.29) is 18.0 Å². The molecule has 0 spiro atoms. The molecule has 2 atom stereocenters. The van der Waals surface area contributed by atoms with Crippen LogP contribution in [0.4, 0.5) is 5.69 Å². The van der Waals surface area contributed by atoms with Crippen molar-refractivity contribution in [1.29, 1.82) is 0 Å². The van der Waals surface area contributed by atoms with Crippen LogP contribution >= 0.6 is 0 Å². The summed E-state index contributed by atoms with van der Waals surface area (Å²) in [5.41, 5.74) is 6.25. The van der Waals surface area contributed by atoms with Crippen molar-refractivity contribution in [3.05, 3.63) is 101 Å². The van der Waals surface area contributed by atoms with Crippen LogP contribution in [0.3, 0.4) is 0 Å². The predicted octanol–water partition coefficient (Wildman–Crippen LogP) is 3.68. The fraction of sp³-hybridized carbons (Fsp3) is 0.355. The van der Waals surface area contributed by atoms with Crippen molar-refractivity contribution in [3.63, 3.8) is 0 Å². The minimum atomic E-state index is -0.129. The predicted molar refractivity (Wildman–Crippen MR) is 150 cm³/mol. The topological polar surface area (TPSA) is 60.5 Å². The monoisotopic (exact) mass is 495 g/mol. The molecule has 2 aromatic carbocycles. The van der Waals surface area contributed by atoms with Gasteiger partial charge in [-0.2, -0.15) is 0 Å². The lowest BCUT2D eigenvalue weighted by atomic mass is 10.1. The summed E-state index contributed by atoms with van der Waals surface area (Å²) in [6, 6.07) is 21.7. The highest BCUT2D eigenvalue weighted by Gasteiger charge is 2.41. The Morgan fingerprint density at radius 3 is 2.49 bits per heavy atom. The van der Waals surface area contributed by atoms with Crippen molar-refractivity contribution in [3.8, 4) is 0 Å². The van der Waals surface area contributed by atoms with Gasteiger partial charge in [-0.05, 0) is 59.7 Å². The highest BCUT2D eigenvalue weighted by molar-refractivity contribution is 5.82. The van der Waals surface area contributed by atoms with E-state index in [1.807, 2.05) is 18.3 Å². The first-order chi connectivity index (χ1) is 18.1. The van der Waals surface area contributed by atoms with Gasteiger partial charge in [0.1, 0.15) is 0 Å². The van der Waals surface area contributed by atoms with E-state index in [2.05, 4.69) is 100 Å². The van der Waals surface area contributed by atoms with E-state index in [1.54, 1.807) is 6.20 Å². The summed E-state index contributed by atoms with van der Waals surface area (Å²) in [5, 5.41) is 6.86. The number of benzene rings is 2. The number of likely N-dealkylation sites (tertiary alicyclic amines) is 1. The number of hydrogen-bond acceptors (Lipinski definition) is 5. The summed E-state index contributed by atoms with van der Waals surface area (Å²) in [5.74, 6) is 0.112. The molecule has 1 aliphatic heterocycles. The molecular weight excluding hydrogens is 458 g/mol. The average Bonchev–Trinajstić information content (AvgIpc) is 3.55. The van der Waals surface area contributed by atoms with Crippen LogP contribution in [0, 0.1) is 0 Å². The summed E-state index contributed by atoms with van der Waals surface area (Å²) in [6.45, 7) is 2.17. The number of pyridine rings is 1. The fourth-order valence-corrected chi connectivity index (χ4v) is 5.56. The third-order valence-electron chi connectivity index (χ3n) is 7.57. The molecule has 3 aromatic rings. The van der Waals surface area contributed by atoms with E-state index in [1.165, 1.54) is 22.4 Å². The zero-order valence-electron chi connectivity index (χ0n) is 21.8. The normalized spacial score (nSPS) is 19.8. The summed E-state index contributed by atoms with van der Waals surface area (Å²) in [7, 11) is 4.10. The van der Waals surface area contributed by atoms with Gasteiger partial charge in [0.2, 0.25) is 5.91 Å². The minimum absolute atomic E-state index is 0.112. The third kappa shape index (κ3) is 6.27. The van der Waals surface area contributed by atoms with Gasteiger partial charge in [0.25, 0.3) is 0 Å². The molecular formula is C31H37N5O. The number of aromatic nitrogens is 1. The van der Waals surface area contributed by atoms with Crippen LogP contribution in [-0.2, 0) is 24.2 Å². The zero-order valence-corrected chi connectivity index (χ0v) is 21.8. The van der Waals surface area contributed by atoms with Crippen LogP contribution in [0.25, 0.3) is 6.08 Å². The minimum Gasteiger partial charge on any atom is -0.378 e. The average molecular weight is 496 g/mol. The first-order valence-electron chi connectivity index (χ1n) is 13.2. The molecule has 0 saturated carbocycles. The molecule has 1 fully saturated rings. The second kappa shape index (κ2) is 11.7. The zero-order chi connectivity index (χ0) is 25.6. The number of amides is 1. The van der Waals surface area contributed by atoms with Crippen molar-refractivity contribution < 1.29 is 4.79 Å². The lowest BCUT2D eigenvalue weighted by molar-refractivity contribution is -0.126. The van der Waals surface area contributed by atoms with Crippen molar-refractivity contribution in [2.24, 2.45) is 0 Å². The molecule has 2 heterocycles. The summed E-state index contributed by atoms with van der Waals surface area (Å²) in [4.78, 5) is 22.1. The fourth-order valence-electron chi connectivity index (χ4n) is 5.56. The highest BCUT2D eigenvalue weighted by Crippen LogP contribution is 2.31. The van der Waals surface area contributed by atoms with Gasteiger partial charge in [0.15, 0.2) is 0 Å². The molecule has 0 bridgehead atoms. The molecule has 192 valence electrons. The number of carbonyl (C=O) groups excluding carboxylic acids is 1. The lowest BCUT2D eigenvalue weighted by Crippen LogP contribution is -2.48. The molecule has 37 heavy (non-hydrogen) atoms. The number of rotatable bonds is 9. The quantitative estimate of drug-likeness (QED) is 0.474. The van der Waals surface area contributed by atoms with E-state index in [0.717, 1.165) is 37.9 Å². The van der Waals surface area contributed by atoms with Crippen molar-refractivity contribution in [2.45, 2.75) is 43.9 Å². The van der Waals surface area contributed by atoms with Gasteiger partial charge < -0.3 is 15.5 Å². The van der Waals surface area contributed by atoms with E-state index < -0.39 is 0 Å². The van der Waals surface area contributed by atoms with E-state index in [9.17, 15) is 4.79 Å². The molecule has 0 radical (unpaired) electrons. The molecule has 1 aromatic heterocycles. The molecule has 1 amide bonds. The third-order valence-corrected chi connectivity index (χ3v) is 7.57. The molecule has 6 heteroatoms. The first-order valence-corrected chi connectivity index (χ1v) is 13.2. The Morgan fingerprint density at radius 2 is 1.81 bits per heavy atom. The Bertz CT molecular complexity index is 1180. The van der Waals surface area contributed by atoms with Crippen LogP contribution in [0.2, 0.25) is 0 Å². The number of hydrogen-bond donors (Lipinski definition) is 2. The Morgan fingerprint density at radius 1 is 1.05 bits per heavy atom. The van der Waals surface area contributed by atoms with Crippen LogP contribution < -0.4 is 15.5 Å². The molecule has 2 aliphatic rings. The van der Waals surface area contributed by atoms with E-state index in [4.69, 9.17) is 0 Å². The molecule has 5 rings (SSSR count). The van der Waals surface area contributed by atoms with Crippen molar-refractivity contribution in [1.82, 2.24) is 20.5 Å². The number of nitrogens with one attached hydrogen (secondary N) is 2. The van der Waals surface area contributed by atoms with Gasteiger partial charge in [0, 0.05) is 63.9 Å². The number of fused-ring (bicyclic) bond motifs is 1. The maximum Gasteiger partial charge on any atom is 0.237 e. The van der Waals surface area contributed by atoms with Gasteiger partial charge in [-0.3, -0.25) is 14.7 Å². The van der Waals surface area contributed by atoms with Crippen molar-refractivity contribution in [2.75, 3.05) is 32.1 Å². The van der Waals surface area contributed by atoms with Gasteiger partial charge in [-0.15, -0.1) is 0 Å². The van der Waals surface area contributed by atoms with E-state index >= 15 is 0 Å². The maximum atomic E-state index is 13.4. The number of nitrogens with zero attached hydrogens (tertiary/aromatic N) is 3. The Hall–Kier alpha value is -3.48. The Labute approximate surface area is 220 Å². The maximum absolute atomic E-state index is 13.4. The first kappa shape index (κ1) is 25.2. The largest absolute Gasteiger partial charge is 0.378 e. The van der Waals surface area contributed by atoms with Gasteiger partial charge in [-0.25, -0.2) is 0 Å². The Balaban J connectivity index is 1.21. The van der Waals surface area contributed by atoms with E-state index in [0.29, 0.717) is 12.6 Å². The molecule has 6 nitrogen and oxygen atoms in total. The Kier molecular flexibility index (Phi) is 7.97. The highest BCUT2D eigenvalue weighted by atomic mass is 16.2. The standard InChI is InChI=1S/C31H37N5O/c1-35(2)28-13-11-23(12-14-28)7-6-16-33-27-19-30(31(37)34-21-24-8-5-15-32-20-24)36(22-27)29-17-25-9-3-4-10-26(25)18-29/h3-15,20,27,29-30,33H,16-19,21-22H2,1-2H3,(H,34,37)/b7-6+/t27-,30-/m0/s1. The SMILES string of the molecule is CN(C)c1ccc(/C=C/CN[C@H]2C[C@@H](C(=O)NCc3cccnc3)N(C3Cc4ccccc4C3)C2)cc1. The second-order valence-electron chi connectivity index (χ2n) is 10.4. The van der Waals surface area contributed by atoms with Crippen molar-refractivity contribution >= 4 is 17.7 Å². The number of carbonyl (C=O) groups is 1. The van der Waals surface area contributed by atoms with Gasteiger partial charge >= 0.3 is 0 Å². The van der Waals surface area contributed by atoms with Crippen LogP contribution in [-0.4, -0.2) is 61.1 Å². The van der Waals surface area contributed by atoms with Crippen LogP contribution in [0.15, 0.2) is 79.1 Å². The summed E-state index contributed by atoms with van der Waals surface area (Å²) < 4.78 is 0. The summed E-state index contributed by atoms with van der Waals surface area (Å²) >= 11 is 0. The van der Waals surface area contributed by atoms with Crippen LogP contribution in [0.5, 0.6) is 0 Å². The smallest absolute Gasteiger partial charge is 0.237 e. The van der Waals surface area contributed by atoms with Gasteiger partial charge in [-0.1, -0.05) is 54.6 Å². The lowest BCUT2D eigenvalue weighted by Gasteiger charge is -2.29. The van der Waals surface area contributed by atoms with Gasteiger partial charge in [0.05, 0.1) is 6.04 Å². The number of anilines is 1. The van der Waals surface area contributed by atoms with Crippen LogP contribution in [0.1, 0.15) is 28.7 Å². The molecule has 1 saturated heterocycles. The summed E-state index contributed by atoms with van der Waals surface area (Å²) in [6.07, 6.45) is 10.7. The second-order valence-corrected chi connectivity index (χ2v) is 10.4. The molecule has 2 N–H and O–H groups in total. The molecule has 0 unspecified atom stereocenters. The molecule has 1 aliphatic carbocycles.